The Kier molecular flexibility index (Phi) is 6.56. The van der Waals surface area contributed by atoms with E-state index in [1.165, 1.54) is 24.4 Å². The van der Waals surface area contributed by atoms with E-state index in [4.69, 9.17) is 9.72 Å². The van der Waals surface area contributed by atoms with Crippen LogP contribution in [0.2, 0.25) is 0 Å². The van der Waals surface area contributed by atoms with E-state index in [1.807, 2.05) is 0 Å². The number of pyridine rings is 1. The number of halogens is 4. The fourth-order valence-corrected chi connectivity index (χ4v) is 7.87. The number of rotatable bonds is 5. The standard InChI is InChI=1S/C32H32F4N6O2/c33-18-12-32(7-1-8-42(32)14-18)16-44-31-39-29-23(30(40-31)41-9-6-19-3-4-20(15-41)38-19)13-37-28(27(29)36)22-11-21(43)10-17-2-5-24(34)26(35)25(17)22/h2,5,10-11,13,18-20,38,43H,1,3-4,6-9,12,14-16H2/t18-,19?,20?,32?/m1/s1. The van der Waals surface area contributed by atoms with Crippen molar-refractivity contribution in [2.75, 3.05) is 37.7 Å². The predicted octanol–water partition coefficient (Wildman–Crippen LogP) is 5.25. The molecule has 4 aliphatic heterocycles. The Bertz CT molecular complexity index is 1790. The summed E-state index contributed by atoms with van der Waals surface area (Å²) in [4.78, 5) is 17.8. The summed E-state index contributed by atoms with van der Waals surface area (Å²) >= 11 is 0. The second kappa shape index (κ2) is 10.4. The van der Waals surface area contributed by atoms with Crippen molar-refractivity contribution in [1.29, 1.82) is 0 Å². The number of fused-ring (bicyclic) bond motifs is 5. The molecule has 8 rings (SSSR count). The van der Waals surface area contributed by atoms with Crippen LogP contribution >= 0.6 is 0 Å². The fourth-order valence-electron chi connectivity index (χ4n) is 7.87. The molecule has 44 heavy (non-hydrogen) atoms. The second-order valence-electron chi connectivity index (χ2n) is 12.7. The van der Waals surface area contributed by atoms with Gasteiger partial charge < -0.3 is 20.1 Å². The van der Waals surface area contributed by atoms with Crippen LogP contribution in [0.25, 0.3) is 32.9 Å². The van der Waals surface area contributed by atoms with Gasteiger partial charge in [-0.3, -0.25) is 9.88 Å². The lowest BCUT2D eigenvalue weighted by Crippen LogP contribution is -2.43. The zero-order valence-corrected chi connectivity index (χ0v) is 24.0. The monoisotopic (exact) mass is 608 g/mol. The van der Waals surface area contributed by atoms with E-state index < -0.39 is 29.2 Å². The molecule has 230 valence electrons. The first-order valence-electron chi connectivity index (χ1n) is 15.3. The Morgan fingerprint density at radius 2 is 1.89 bits per heavy atom. The van der Waals surface area contributed by atoms with Crippen LogP contribution in [0.5, 0.6) is 11.8 Å². The van der Waals surface area contributed by atoms with Crippen molar-refractivity contribution in [3.8, 4) is 23.0 Å². The van der Waals surface area contributed by atoms with Crippen LogP contribution in [0, 0.1) is 17.5 Å². The average Bonchev–Trinajstić information content (AvgIpc) is 3.64. The molecule has 8 nitrogen and oxygen atoms in total. The van der Waals surface area contributed by atoms with Crippen molar-refractivity contribution in [2.45, 2.75) is 62.3 Å². The van der Waals surface area contributed by atoms with Crippen LogP contribution in [-0.4, -0.2) is 81.5 Å². The van der Waals surface area contributed by atoms with Crippen LogP contribution < -0.4 is 15.0 Å². The molecule has 0 spiro atoms. The molecule has 3 unspecified atom stereocenters. The number of hydrogen-bond donors (Lipinski definition) is 2. The van der Waals surface area contributed by atoms with Crippen molar-refractivity contribution in [1.82, 2.24) is 25.2 Å². The van der Waals surface area contributed by atoms with Crippen molar-refractivity contribution in [3.63, 3.8) is 0 Å². The smallest absolute Gasteiger partial charge is 0.319 e. The number of ether oxygens (including phenoxy) is 1. The van der Waals surface area contributed by atoms with Gasteiger partial charge in [-0.25, -0.2) is 17.6 Å². The highest BCUT2D eigenvalue weighted by molar-refractivity contribution is 6.00. The third-order valence-corrected chi connectivity index (χ3v) is 9.94. The minimum Gasteiger partial charge on any atom is -0.508 e. The highest BCUT2D eigenvalue weighted by atomic mass is 19.2. The Hall–Kier alpha value is -3.77. The van der Waals surface area contributed by atoms with Crippen molar-refractivity contribution in [3.05, 3.63) is 47.9 Å². The van der Waals surface area contributed by atoms with Crippen molar-refractivity contribution >= 4 is 27.5 Å². The topological polar surface area (TPSA) is 86.6 Å². The summed E-state index contributed by atoms with van der Waals surface area (Å²) in [6.45, 7) is 2.69. The van der Waals surface area contributed by atoms with Crippen LogP contribution in [-0.2, 0) is 0 Å². The number of hydrogen-bond acceptors (Lipinski definition) is 8. The van der Waals surface area contributed by atoms with Gasteiger partial charge in [-0.15, -0.1) is 0 Å². The second-order valence-corrected chi connectivity index (χ2v) is 12.7. The maximum atomic E-state index is 16.6. The summed E-state index contributed by atoms with van der Waals surface area (Å²) in [5, 5.41) is 14.4. The molecule has 2 N–H and O–H groups in total. The van der Waals surface area contributed by atoms with Gasteiger partial charge in [0.05, 0.1) is 10.9 Å². The van der Waals surface area contributed by atoms with Gasteiger partial charge in [0.2, 0.25) is 0 Å². The van der Waals surface area contributed by atoms with Crippen LogP contribution in [0.3, 0.4) is 0 Å². The molecular weight excluding hydrogens is 576 g/mol. The van der Waals surface area contributed by atoms with E-state index in [0.29, 0.717) is 43.3 Å². The number of alkyl halides is 1. The molecule has 4 aliphatic rings. The van der Waals surface area contributed by atoms with Gasteiger partial charge in [-0.1, -0.05) is 6.07 Å². The van der Waals surface area contributed by atoms with Gasteiger partial charge in [0.1, 0.15) is 35.6 Å². The van der Waals surface area contributed by atoms with E-state index >= 15 is 8.78 Å². The number of phenolic OH excluding ortho intramolecular Hbond substituents is 1. The van der Waals surface area contributed by atoms with Gasteiger partial charge in [0.25, 0.3) is 0 Å². The van der Waals surface area contributed by atoms with Crippen LogP contribution in [0.15, 0.2) is 30.5 Å². The Morgan fingerprint density at radius 1 is 1.02 bits per heavy atom. The van der Waals surface area contributed by atoms with Crippen LogP contribution in [0.1, 0.15) is 38.5 Å². The molecule has 2 aromatic carbocycles. The summed E-state index contributed by atoms with van der Waals surface area (Å²) in [7, 11) is 0. The van der Waals surface area contributed by atoms with Gasteiger partial charge in [0, 0.05) is 55.3 Å². The molecule has 0 saturated carbocycles. The largest absolute Gasteiger partial charge is 0.508 e. The third kappa shape index (κ3) is 4.52. The summed E-state index contributed by atoms with van der Waals surface area (Å²) in [5.74, 6) is -2.90. The SMILES string of the molecule is Oc1cc(-c2ncc3c(N4CCC5CCC(C4)N5)nc(OCC45CCCN4C[C@H](F)C5)nc3c2F)c2c(F)c(F)ccc2c1. The number of nitrogens with one attached hydrogen (secondary N) is 1. The number of phenols is 1. The van der Waals surface area contributed by atoms with E-state index in [9.17, 15) is 13.9 Å². The first-order chi connectivity index (χ1) is 21.3. The first-order valence-corrected chi connectivity index (χ1v) is 15.3. The summed E-state index contributed by atoms with van der Waals surface area (Å²) < 4.78 is 66.6. The molecule has 4 atom stereocenters. The minimum absolute atomic E-state index is 0.0348. The predicted molar refractivity (Wildman–Crippen MR) is 157 cm³/mol. The average molecular weight is 609 g/mol. The van der Waals surface area contributed by atoms with Gasteiger partial charge in [0.15, 0.2) is 17.5 Å². The molecule has 12 heteroatoms. The number of anilines is 1. The number of nitrogens with zero attached hydrogens (tertiary/aromatic N) is 5. The molecule has 0 amide bonds. The van der Waals surface area contributed by atoms with E-state index in [-0.39, 0.29) is 52.0 Å². The molecule has 0 radical (unpaired) electrons. The highest BCUT2D eigenvalue weighted by Crippen LogP contribution is 2.42. The van der Waals surface area contributed by atoms with Gasteiger partial charge in [-0.2, -0.15) is 9.97 Å². The molecular formula is C32H32F4N6O2. The van der Waals surface area contributed by atoms with Gasteiger partial charge in [-0.05, 0) is 62.2 Å². The number of aromatic hydroxyl groups is 1. The Labute approximate surface area is 251 Å². The maximum Gasteiger partial charge on any atom is 0.319 e. The maximum absolute atomic E-state index is 16.6. The molecule has 6 heterocycles. The number of aromatic nitrogens is 3. The van der Waals surface area contributed by atoms with E-state index in [0.717, 1.165) is 44.7 Å². The first kappa shape index (κ1) is 27.8. The van der Waals surface area contributed by atoms with Crippen molar-refractivity contribution < 1.29 is 27.4 Å². The van der Waals surface area contributed by atoms with E-state index in [1.54, 1.807) is 0 Å². The summed E-state index contributed by atoms with van der Waals surface area (Å²) in [6.07, 6.45) is 5.65. The highest BCUT2D eigenvalue weighted by Gasteiger charge is 2.49. The zero-order chi connectivity index (χ0) is 30.2. The van der Waals surface area contributed by atoms with E-state index in [2.05, 4.69) is 25.1 Å². The molecule has 4 aromatic rings. The normalized spacial score (nSPS) is 26.9. The minimum atomic E-state index is -1.17. The molecule has 0 aliphatic carbocycles. The Morgan fingerprint density at radius 3 is 2.77 bits per heavy atom. The molecule has 4 saturated heterocycles. The zero-order valence-electron chi connectivity index (χ0n) is 24.0. The summed E-state index contributed by atoms with van der Waals surface area (Å²) in [6, 6.07) is 5.36. The molecule has 2 aromatic heterocycles. The fraction of sp³-hybridized carbons (Fsp3) is 0.469. The third-order valence-electron chi connectivity index (χ3n) is 9.94. The number of benzene rings is 2. The van der Waals surface area contributed by atoms with Gasteiger partial charge >= 0.3 is 6.01 Å². The lowest BCUT2D eigenvalue weighted by Gasteiger charge is -2.31. The quantitative estimate of drug-likeness (QED) is 0.297. The molecule has 4 fully saturated rings. The van der Waals surface area contributed by atoms with Crippen LogP contribution in [0.4, 0.5) is 23.4 Å². The summed E-state index contributed by atoms with van der Waals surface area (Å²) in [5.41, 5.74) is -0.920. The Balaban J connectivity index is 1.26. The molecule has 2 bridgehead atoms. The lowest BCUT2D eigenvalue weighted by molar-refractivity contribution is 0.107. The van der Waals surface area contributed by atoms with Crippen molar-refractivity contribution in [2.24, 2.45) is 0 Å². The lowest BCUT2D eigenvalue weighted by atomic mass is 9.95.